The molecule has 0 atom stereocenters. The van der Waals surface area contributed by atoms with E-state index in [0.29, 0.717) is 23.6 Å². The molecule has 18 heavy (non-hydrogen) atoms. The molecule has 1 heterocycles. The number of hydrogen-bond acceptors (Lipinski definition) is 3. The van der Waals surface area contributed by atoms with Crippen LogP contribution in [0.5, 0.6) is 0 Å². The average molecular weight is 241 g/mol. The van der Waals surface area contributed by atoms with Crippen molar-refractivity contribution >= 4 is 17.4 Å². The number of aromatic nitrogens is 1. The highest BCUT2D eigenvalue weighted by molar-refractivity contribution is 6.05. The maximum Gasteiger partial charge on any atom is 0.259 e. The second-order valence-electron chi connectivity index (χ2n) is 3.86. The predicted molar refractivity (Wildman–Crippen MR) is 72.4 cm³/mol. The van der Waals surface area contributed by atoms with Crippen LogP contribution in [0.3, 0.4) is 0 Å². The summed E-state index contributed by atoms with van der Waals surface area (Å²) in [4.78, 5) is 18.2. The zero-order chi connectivity index (χ0) is 13.0. The number of hydrogen-bond donors (Lipinski definition) is 1. The number of anilines is 2. The number of rotatable bonds is 3. The van der Waals surface area contributed by atoms with Crippen molar-refractivity contribution in [3.63, 3.8) is 0 Å². The Kier molecular flexibility index (Phi) is 3.57. The molecule has 4 heteroatoms. The van der Waals surface area contributed by atoms with Gasteiger partial charge in [-0.05, 0) is 43.3 Å². The van der Waals surface area contributed by atoms with E-state index in [0.717, 1.165) is 0 Å². The normalized spacial score (nSPS) is 10.1. The molecular weight excluding hydrogens is 226 g/mol. The van der Waals surface area contributed by atoms with Gasteiger partial charge in [0.05, 0.1) is 0 Å². The largest absolute Gasteiger partial charge is 0.399 e. The van der Waals surface area contributed by atoms with Crippen LogP contribution in [0.1, 0.15) is 17.3 Å². The molecule has 0 radical (unpaired) electrons. The van der Waals surface area contributed by atoms with Crippen molar-refractivity contribution in [3.8, 4) is 0 Å². The smallest absolute Gasteiger partial charge is 0.259 e. The molecule has 1 amide bonds. The highest BCUT2D eigenvalue weighted by atomic mass is 16.2. The first-order chi connectivity index (χ1) is 8.72. The van der Waals surface area contributed by atoms with Gasteiger partial charge in [-0.25, -0.2) is 4.98 Å². The average Bonchev–Trinajstić information content (AvgIpc) is 2.41. The van der Waals surface area contributed by atoms with E-state index in [4.69, 9.17) is 5.73 Å². The third-order valence-corrected chi connectivity index (χ3v) is 2.64. The van der Waals surface area contributed by atoms with Crippen molar-refractivity contribution in [2.75, 3.05) is 17.2 Å². The summed E-state index contributed by atoms with van der Waals surface area (Å²) in [6.07, 6.45) is 1.67. The van der Waals surface area contributed by atoms with E-state index in [1.165, 1.54) is 0 Å². The highest BCUT2D eigenvalue weighted by Gasteiger charge is 2.16. The molecule has 4 nitrogen and oxygen atoms in total. The van der Waals surface area contributed by atoms with Crippen LogP contribution in [0.2, 0.25) is 0 Å². The van der Waals surface area contributed by atoms with Crippen LogP contribution < -0.4 is 10.6 Å². The first kappa shape index (κ1) is 12.1. The van der Waals surface area contributed by atoms with E-state index in [9.17, 15) is 4.79 Å². The number of carbonyl (C=O) groups excluding carboxylic acids is 1. The molecule has 0 aliphatic rings. The molecule has 0 saturated carbocycles. The van der Waals surface area contributed by atoms with Gasteiger partial charge in [-0.3, -0.25) is 9.69 Å². The van der Waals surface area contributed by atoms with E-state index in [1.54, 1.807) is 35.4 Å². The van der Waals surface area contributed by atoms with Crippen molar-refractivity contribution < 1.29 is 4.79 Å². The third-order valence-electron chi connectivity index (χ3n) is 2.64. The number of nitrogens with zero attached hydrogens (tertiary/aromatic N) is 2. The van der Waals surface area contributed by atoms with E-state index < -0.39 is 0 Å². The summed E-state index contributed by atoms with van der Waals surface area (Å²) in [5.74, 6) is 0.582. The van der Waals surface area contributed by atoms with Crippen LogP contribution in [-0.2, 0) is 0 Å². The number of benzene rings is 1. The fraction of sp³-hybridized carbons (Fsp3) is 0.143. The summed E-state index contributed by atoms with van der Waals surface area (Å²) >= 11 is 0. The summed E-state index contributed by atoms with van der Waals surface area (Å²) in [7, 11) is 0. The lowest BCUT2D eigenvalue weighted by molar-refractivity contribution is 0.0987. The molecule has 0 bridgehead atoms. The second kappa shape index (κ2) is 5.31. The molecule has 2 N–H and O–H groups in total. The highest BCUT2D eigenvalue weighted by Crippen LogP contribution is 2.14. The van der Waals surface area contributed by atoms with Crippen molar-refractivity contribution in [1.82, 2.24) is 4.98 Å². The third kappa shape index (κ3) is 2.48. The van der Waals surface area contributed by atoms with Gasteiger partial charge >= 0.3 is 0 Å². The molecular formula is C14H15N3O. The van der Waals surface area contributed by atoms with Crippen molar-refractivity contribution in [3.05, 3.63) is 54.2 Å². The molecule has 0 spiro atoms. The van der Waals surface area contributed by atoms with Crippen LogP contribution in [0.4, 0.5) is 11.5 Å². The quantitative estimate of drug-likeness (QED) is 0.839. The van der Waals surface area contributed by atoms with E-state index in [-0.39, 0.29) is 5.91 Å². The minimum absolute atomic E-state index is 0.0730. The molecule has 0 aliphatic heterocycles. The zero-order valence-corrected chi connectivity index (χ0v) is 10.2. The summed E-state index contributed by atoms with van der Waals surface area (Å²) in [5, 5.41) is 0. The molecule has 1 aromatic carbocycles. The Morgan fingerprint density at radius 3 is 2.50 bits per heavy atom. The van der Waals surface area contributed by atoms with Gasteiger partial charge in [-0.2, -0.15) is 0 Å². The Morgan fingerprint density at radius 1 is 1.22 bits per heavy atom. The Balaban J connectivity index is 2.28. The number of amides is 1. The lowest BCUT2D eigenvalue weighted by Crippen LogP contribution is -2.31. The minimum atomic E-state index is -0.0730. The predicted octanol–water partition coefficient (Wildman–Crippen LogP) is 2.33. The Bertz CT molecular complexity index is 522. The Hall–Kier alpha value is -2.36. The van der Waals surface area contributed by atoms with Crippen molar-refractivity contribution in [1.29, 1.82) is 0 Å². The fourth-order valence-corrected chi connectivity index (χ4v) is 1.70. The lowest BCUT2D eigenvalue weighted by atomic mass is 10.2. The van der Waals surface area contributed by atoms with Crippen LogP contribution in [-0.4, -0.2) is 17.4 Å². The van der Waals surface area contributed by atoms with Crippen LogP contribution in [0, 0.1) is 0 Å². The summed E-state index contributed by atoms with van der Waals surface area (Å²) < 4.78 is 0. The van der Waals surface area contributed by atoms with E-state index >= 15 is 0 Å². The Morgan fingerprint density at radius 2 is 1.94 bits per heavy atom. The molecule has 2 rings (SSSR count). The maximum absolute atomic E-state index is 12.3. The van der Waals surface area contributed by atoms with Crippen LogP contribution in [0.25, 0.3) is 0 Å². The molecule has 0 saturated heterocycles. The standard InChI is InChI=1S/C14H15N3O/c1-2-17(13-5-3-4-10-16-13)14(18)11-6-8-12(15)9-7-11/h3-10H,2,15H2,1H3. The molecule has 0 unspecified atom stereocenters. The van der Waals surface area contributed by atoms with Gasteiger partial charge in [0.1, 0.15) is 5.82 Å². The fourth-order valence-electron chi connectivity index (χ4n) is 1.70. The lowest BCUT2D eigenvalue weighted by Gasteiger charge is -2.19. The molecule has 2 aromatic rings. The summed E-state index contributed by atoms with van der Waals surface area (Å²) in [5.41, 5.74) is 6.86. The van der Waals surface area contributed by atoms with Gasteiger partial charge in [0.15, 0.2) is 0 Å². The van der Waals surface area contributed by atoms with E-state index in [1.807, 2.05) is 25.1 Å². The SMILES string of the molecule is CCN(C(=O)c1ccc(N)cc1)c1ccccn1. The Labute approximate surface area is 106 Å². The topological polar surface area (TPSA) is 59.2 Å². The first-order valence-corrected chi connectivity index (χ1v) is 5.81. The van der Waals surface area contributed by atoms with Gasteiger partial charge in [0.2, 0.25) is 0 Å². The molecule has 1 aromatic heterocycles. The van der Waals surface area contributed by atoms with Crippen molar-refractivity contribution in [2.45, 2.75) is 6.92 Å². The van der Waals surface area contributed by atoms with E-state index in [2.05, 4.69) is 4.98 Å². The monoisotopic (exact) mass is 241 g/mol. The zero-order valence-electron chi connectivity index (χ0n) is 10.2. The number of nitrogens with two attached hydrogens (primary N) is 1. The summed E-state index contributed by atoms with van der Waals surface area (Å²) in [6.45, 7) is 2.49. The van der Waals surface area contributed by atoms with Crippen molar-refractivity contribution in [2.24, 2.45) is 0 Å². The van der Waals surface area contributed by atoms with Crippen LogP contribution >= 0.6 is 0 Å². The first-order valence-electron chi connectivity index (χ1n) is 5.81. The summed E-state index contributed by atoms with van der Waals surface area (Å²) in [6, 6.07) is 12.4. The number of nitrogen functional groups attached to an aromatic ring is 1. The number of carbonyl (C=O) groups is 1. The maximum atomic E-state index is 12.3. The van der Waals surface area contributed by atoms with Crippen LogP contribution in [0.15, 0.2) is 48.7 Å². The molecule has 0 aliphatic carbocycles. The van der Waals surface area contributed by atoms with Gasteiger partial charge in [0.25, 0.3) is 5.91 Å². The van der Waals surface area contributed by atoms with Gasteiger partial charge < -0.3 is 5.73 Å². The minimum Gasteiger partial charge on any atom is -0.399 e. The molecule has 0 fully saturated rings. The number of pyridine rings is 1. The molecule has 92 valence electrons. The van der Waals surface area contributed by atoms with Gasteiger partial charge in [0, 0.05) is 24.0 Å². The van der Waals surface area contributed by atoms with Gasteiger partial charge in [-0.1, -0.05) is 6.07 Å². The second-order valence-corrected chi connectivity index (χ2v) is 3.86. The van der Waals surface area contributed by atoms with Gasteiger partial charge in [-0.15, -0.1) is 0 Å².